The number of carbonyl (C=O) groups is 1. The molecular formula is C24H20N4OS2. The Hall–Kier alpha value is -3.16. The van der Waals surface area contributed by atoms with E-state index in [0.717, 1.165) is 37.7 Å². The molecule has 5 rings (SSSR count). The van der Waals surface area contributed by atoms with Crippen molar-refractivity contribution in [2.24, 2.45) is 0 Å². The third kappa shape index (κ3) is 3.94. The van der Waals surface area contributed by atoms with Crippen LogP contribution in [0.1, 0.15) is 11.1 Å². The van der Waals surface area contributed by atoms with E-state index in [1.54, 1.807) is 0 Å². The first-order valence-corrected chi connectivity index (χ1v) is 11.7. The molecule has 3 aromatic carbocycles. The van der Waals surface area contributed by atoms with E-state index in [9.17, 15) is 4.79 Å². The number of rotatable bonds is 5. The van der Waals surface area contributed by atoms with Gasteiger partial charge in [-0.05, 0) is 55.3 Å². The summed E-state index contributed by atoms with van der Waals surface area (Å²) in [6.07, 6.45) is 0. The van der Waals surface area contributed by atoms with E-state index in [2.05, 4.69) is 33.9 Å². The number of thioether (sulfide) groups is 1. The standard InChI is InChI=1S/C24H20N4OS2/c1-15-12-16(2)22-20(13-15)31-23(27-22)26-21(29)14-30-24-25-18-10-6-7-11-19(18)28(24)17-8-4-3-5-9-17/h3-13H,14H2,1-2H3,(H,26,27,29). The highest BCUT2D eigenvalue weighted by Gasteiger charge is 2.15. The maximum absolute atomic E-state index is 12.7. The predicted molar refractivity (Wildman–Crippen MR) is 130 cm³/mol. The third-order valence-corrected chi connectivity index (χ3v) is 6.81. The summed E-state index contributed by atoms with van der Waals surface area (Å²) >= 11 is 2.93. The molecule has 1 amide bonds. The van der Waals surface area contributed by atoms with Gasteiger partial charge in [0.1, 0.15) is 0 Å². The van der Waals surface area contributed by atoms with E-state index in [1.807, 2.05) is 61.5 Å². The number of hydrogen-bond acceptors (Lipinski definition) is 5. The summed E-state index contributed by atoms with van der Waals surface area (Å²) in [5, 5.41) is 4.37. The van der Waals surface area contributed by atoms with E-state index in [4.69, 9.17) is 4.98 Å². The summed E-state index contributed by atoms with van der Waals surface area (Å²) < 4.78 is 3.18. The Labute approximate surface area is 188 Å². The molecule has 0 saturated heterocycles. The van der Waals surface area contributed by atoms with Gasteiger partial charge in [-0.2, -0.15) is 0 Å². The molecule has 2 aromatic heterocycles. The summed E-state index contributed by atoms with van der Waals surface area (Å²) in [5.74, 6) is 0.162. The first-order valence-electron chi connectivity index (χ1n) is 9.92. The lowest BCUT2D eigenvalue weighted by molar-refractivity contribution is -0.113. The van der Waals surface area contributed by atoms with Crippen LogP contribution in [0.25, 0.3) is 26.9 Å². The van der Waals surface area contributed by atoms with Crippen LogP contribution in [0.5, 0.6) is 0 Å². The Morgan fingerprint density at radius 1 is 1.03 bits per heavy atom. The average Bonchev–Trinajstić information content (AvgIpc) is 3.33. The van der Waals surface area contributed by atoms with Gasteiger partial charge >= 0.3 is 0 Å². The minimum atomic E-state index is -0.0925. The highest BCUT2D eigenvalue weighted by molar-refractivity contribution is 7.99. The van der Waals surface area contributed by atoms with Crippen LogP contribution in [-0.2, 0) is 4.79 Å². The molecule has 0 unspecified atom stereocenters. The number of fused-ring (bicyclic) bond motifs is 2. The van der Waals surface area contributed by atoms with Crippen molar-refractivity contribution < 1.29 is 4.79 Å². The Balaban J connectivity index is 1.38. The SMILES string of the molecule is Cc1cc(C)c2nc(NC(=O)CSc3nc4ccccc4n3-c3ccccc3)sc2c1. The number of amides is 1. The lowest BCUT2D eigenvalue weighted by atomic mass is 10.1. The van der Waals surface area contributed by atoms with Crippen molar-refractivity contribution in [2.45, 2.75) is 19.0 Å². The normalized spacial score (nSPS) is 11.3. The molecule has 0 saturated carbocycles. The van der Waals surface area contributed by atoms with Crippen LogP contribution in [0, 0.1) is 13.8 Å². The first-order chi connectivity index (χ1) is 15.1. The Morgan fingerprint density at radius 2 is 1.81 bits per heavy atom. The molecule has 0 aliphatic carbocycles. The number of imidazole rings is 1. The van der Waals surface area contributed by atoms with Crippen LogP contribution < -0.4 is 5.32 Å². The van der Waals surface area contributed by atoms with Crippen LogP contribution in [-0.4, -0.2) is 26.2 Å². The number of thiazole rings is 1. The largest absolute Gasteiger partial charge is 0.301 e. The van der Waals surface area contributed by atoms with Gasteiger partial charge in [-0.1, -0.05) is 59.5 Å². The van der Waals surface area contributed by atoms with Gasteiger partial charge in [0.25, 0.3) is 0 Å². The smallest absolute Gasteiger partial charge is 0.236 e. The van der Waals surface area contributed by atoms with E-state index < -0.39 is 0 Å². The summed E-state index contributed by atoms with van der Waals surface area (Å²) in [7, 11) is 0. The van der Waals surface area contributed by atoms with Crippen molar-refractivity contribution in [1.82, 2.24) is 14.5 Å². The molecule has 0 atom stereocenters. The highest BCUT2D eigenvalue weighted by Crippen LogP contribution is 2.30. The van der Waals surface area contributed by atoms with Crippen molar-refractivity contribution in [2.75, 3.05) is 11.1 Å². The number of nitrogens with one attached hydrogen (secondary N) is 1. The van der Waals surface area contributed by atoms with Gasteiger partial charge in [0, 0.05) is 5.69 Å². The monoisotopic (exact) mass is 444 g/mol. The van der Waals surface area contributed by atoms with Gasteiger partial charge in [-0.25, -0.2) is 9.97 Å². The predicted octanol–water partition coefficient (Wildman–Crippen LogP) is 5.98. The number of aromatic nitrogens is 3. The van der Waals surface area contributed by atoms with Crippen LogP contribution in [0.2, 0.25) is 0 Å². The number of aryl methyl sites for hydroxylation is 2. The van der Waals surface area contributed by atoms with Crippen molar-refractivity contribution in [1.29, 1.82) is 0 Å². The highest BCUT2D eigenvalue weighted by atomic mass is 32.2. The number of nitrogens with zero attached hydrogens (tertiary/aromatic N) is 3. The van der Waals surface area contributed by atoms with Crippen LogP contribution in [0.15, 0.2) is 71.9 Å². The molecule has 2 heterocycles. The molecule has 0 aliphatic heterocycles. The Kier molecular flexibility index (Phi) is 5.21. The molecule has 31 heavy (non-hydrogen) atoms. The molecule has 0 bridgehead atoms. The van der Waals surface area contributed by atoms with Crippen LogP contribution in [0.3, 0.4) is 0 Å². The number of carbonyl (C=O) groups excluding carboxylic acids is 1. The number of para-hydroxylation sites is 3. The van der Waals surface area contributed by atoms with E-state index in [-0.39, 0.29) is 11.7 Å². The zero-order valence-electron chi connectivity index (χ0n) is 17.1. The number of hydrogen-bond donors (Lipinski definition) is 1. The molecule has 0 aliphatic rings. The fraction of sp³-hybridized carbons (Fsp3) is 0.125. The molecule has 0 spiro atoms. The quantitative estimate of drug-likeness (QED) is 0.339. The van der Waals surface area contributed by atoms with Gasteiger partial charge in [-0.15, -0.1) is 0 Å². The van der Waals surface area contributed by atoms with E-state index in [0.29, 0.717) is 5.13 Å². The van der Waals surface area contributed by atoms with Crippen molar-refractivity contribution in [3.63, 3.8) is 0 Å². The van der Waals surface area contributed by atoms with Crippen LogP contribution in [0.4, 0.5) is 5.13 Å². The molecule has 5 nitrogen and oxygen atoms in total. The van der Waals surface area contributed by atoms with Crippen LogP contribution >= 0.6 is 23.1 Å². The van der Waals surface area contributed by atoms with Gasteiger partial charge in [0.15, 0.2) is 10.3 Å². The van der Waals surface area contributed by atoms with E-state index >= 15 is 0 Å². The maximum Gasteiger partial charge on any atom is 0.236 e. The summed E-state index contributed by atoms with van der Waals surface area (Å²) in [5.41, 5.74) is 6.22. The fourth-order valence-corrected chi connectivity index (χ4v) is 5.52. The maximum atomic E-state index is 12.7. The van der Waals surface area contributed by atoms with Gasteiger partial charge in [0.2, 0.25) is 5.91 Å². The van der Waals surface area contributed by atoms with E-state index in [1.165, 1.54) is 28.7 Å². The summed E-state index contributed by atoms with van der Waals surface area (Å²) in [4.78, 5) is 22.0. The van der Waals surface area contributed by atoms with Gasteiger partial charge in [-0.3, -0.25) is 9.36 Å². The topological polar surface area (TPSA) is 59.8 Å². The molecule has 0 radical (unpaired) electrons. The van der Waals surface area contributed by atoms with Gasteiger partial charge < -0.3 is 5.32 Å². The second-order valence-electron chi connectivity index (χ2n) is 7.34. The number of benzene rings is 3. The molecular weight excluding hydrogens is 424 g/mol. The Bertz CT molecular complexity index is 1410. The minimum absolute atomic E-state index is 0.0925. The first kappa shape index (κ1) is 19.8. The number of anilines is 1. The summed E-state index contributed by atoms with van der Waals surface area (Å²) in [6.45, 7) is 4.12. The molecule has 154 valence electrons. The molecule has 0 fully saturated rings. The summed E-state index contributed by atoms with van der Waals surface area (Å²) in [6, 6.07) is 22.3. The second-order valence-corrected chi connectivity index (χ2v) is 9.31. The average molecular weight is 445 g/mol. The molecule has 7 heteroatoms. The minimum Gasteiger partial charge on any atom is -0.301 e. The van der Waals surface area contributed by atoms with Crippen molar-refractivity contribution in [3.8, 4) is 5.69 Å². The van der Waals surface area contributed by atoms with Crippen molar-refractivity contribution >= 4 is 55.4 Å². The lowest BCUT2D eigenvalue weighted by Gasteiger charge is -2.08. The zero-order valence-corrected chi connectivity index (χ0v) is 18.8. The Morgan fingerprint density at radius 3 is 2.65 bits per heavy atom. The molecule has 5 aromatic rings. The third-order valence-electron chi connectivity index (χ3n) is 4.95. The second kappa shape index (κ2) is 8.17. The fourth-order valence-electron chi connectivity index (χ4n) is 3.64. The van der Waals surface area contributed by atoms with Gasteiger partial charge in [0.05, 0.1) is 27.0 Å². The zero-order chi connectivity index (χ0) is 21.4. The lowest BCUT2D eigenvalue weighted by Crippen LogP contribution is -2.14. The molecule has 1 N–H and O–H groups in total. The van der Waals surface area contributed by atoms with Crippen molar-refractivity contribution in [3.05, 3.63) is 77.9 Å².